The number of hydrogen-bond donors (Lipinski definition) is 2. The summed E-state index contributed by atoms with van der Waals surface area (Å²) in [7, 11) is 3.09. The molecule has 1 saturated heterocycles. The molecule has 0 radical (unpaired) electrons. The molecule has 10 heteroatoms. The van der Waals surface area contributed by atoms with Crippen LogP contribution in [0.3, 0.4) is 0 Å². The Kier molecular flexibility index (Phi) is 5.04. The van der Waals surface area contributed by atoms with Gasteiger partial charge in [0.15, 0.2) is 11.5 Å². The van der Waals surface area contributed by atoms with Crippen LogP contribution in [0.2, 0.25) is 0 Å². The number of imide groups is 1. The van der Waals surface area contributed by atoms with Crippen LogP contribution < -0.4 is 19.2 Å². The highest BCUT2D eigenvalue weighted by Gasteiger charge is 2.69. The van der Waals surface area contributed by atoms with E-state index in [4.69, 9.17) is 9.47 Å². The fourth-order valence-electron chi connectivity index (χ4n) is 7.26. The average molecular weight is 537 g/mol. The molecular formula is C27H24N2O6S2. The number of nitrogens with one attached hydrogen (secondary N) is 1. The Morgan fingerprint density at radius 1 is 0.973 bits per heavy atom. The van der Waals surface area contributed by atoms with Crippen molar-refractivity contribution in [2.45, 2.75) is 22.6 Å². The van der Waals surface area contributed by atoms with Crippen LogP contribution in [0.25, 0.3) is 0 Å². The second-order valence-electron chi connectivity index (χ2n) is 10.1. The lowest BCUT2D eigenvalue weighted by Crippen LogP contribution is -2.42. The van der Waals surface area contributed by atoms with E-state index < -0.39 is 0 Å². The Morgan fingerprint density at radius 3 is 2.41 bits per heavy atom. The van der Waals surface area contributed by atoms with E-state index in [-0.39, 0.29) is 63.2 Å². The second-order valence-corrected chi connectivity index (χ2v) is 12.3. The molecule has 0 unspecified atom stereocenters. The summed E-state index contributed by atoms with van der Waals surface area (Å²) in [6.45, 7) is 0. The SMILES string of the molecule is COc1ccc(N2C(=O)[C@@H]3[C@H]4C[C@@H]([C@@H]3C2=O)[C@@H]2[C@@H](c3ccc(O)c(OC)c3)c3sc(=O)[nH]c3S[C@@H]42)cc1. The van der Waals surface area contributed by atoms with E-state index >= 15 is 0 Å². The number of amides is 2. The number of phenolic OH excluding ortho intramolecular Hbond substituents is 1. The van der Waals surface area contributed by atoms with Crippen LogP contribution in [0.1, 0.15) is 22.8 Å². The molecule has 2 aromatic carbocycles. The van der Waals surface area contributed by atoms with Crippen molar-refractivity contribution in [2.24, 2.45) is 29.6 Å². The number of hydrogen-bond acceptors (Lipinski definition) is 8. The number of thioether (sulfide) groups is 1. The molecule has 2 saturated carbocycles. The number of methoxy groups -OCH3 is 2. The zero-order valence-electron chi connectivity index (χ0n) is 20.0. The number of fused-ring (bicyclic) bond motifs is 9. The normalized spacial score (nSPS) is 31.3. The molecule has 2 aliphatic carbocycles. The fourth-order valence-corrected chi connectivity index (χ4v) is 10.2. The van der Waals surface area contributed by atoms with E-state index in [2.05, 4.69) is 4.98 Å². The molecule has 8 nitrogen and oxygen atoms in total. The average Bonchev–Trinajstić information content (AvgIpc) is 3.63. The molecule has 3 fully saturated rings. The maximum Gasteiger partial charge on any atom is 0.305 e. The van der Waals surface area contributed by atoms with Gasteiger partial charge >= 0.3 is 4.87 Å². The fraction of sp³-hybridized carbons (Fsp3) is 0.370. The van der Waals surface area contributed by atoms with Gasteiger partial charge in [0.05, 0.1) is 36.8 Å². The number of carbonyl (C=O) groups is 2. The predicted molar refractivity (Wildman–Crippen MR) is 139 cm³/mol. The third-order valence-electron chi connectivity index (χ3n) is 8.62. The lowest BCUT2D eigenvalue weighted by atomic mass is 9.68. The Bertz CT molecular complexity index is 1500. The number of phenols is 1. The van der Waals surface area contributed by atoms with Gasteiger partial charge in [-0.3, -0.25) is 19.3 Å². The lowest BCUT2D eigenvalue weighted by Gasteiger charge is -2.43. The molecule has 37 heavy (non-hydrogen) atoms. The molecular weight excluding hydrogens is 512 g/mol. The number of benzene rings is 2. The van der Waals surface area contributed by atoms with E-state index in [1.54, 1.807) is 49.2 Å². The molecule has 2 amide bonds. The Morgan fingerprint density at radius 2 is 1.70 bits per heavy atom. The van der Waals surface area contributed by atoms with Gasteiger partial charge in [0, 0.05) is 16.0 Å². The van der Waals surface area contributed by atoms with Gasteiger partial charge in [-0.15, -0.1) is 11.8 Å². The van der Waals surface area contributed by atoms with Gasteiger partial charge in [-0.05, 0) is 66.1 Å². The molecule has 4 aliphatic rings. The van der Waals surface area contributed by atoms with Crippen LogP contribution in [0, 0.1) is 29.6 Å². The Balaban J connectivity index is 1.31. The van der Waals surface area contributed by atoms with Gasteiger partial charge in [0.25, 0.3) is 0 Å². The summed E-state index contributed by atoms with van der Waals surface area (Å²) in [6.07, 6.45) is 0.816. The molecule has 1 aromatic heterocycles. The topological polar surface area (TPSA) is 109 Å². The number of nitrogens with zero attached hydrogens (tertiary/aromatic N) is 1. The summed E-state index contributed by atoms with van der Waals surface area (Å²) >= 11 is 2.86. The van der Waals surface area contributed by atoms with Gasteiger partial charge in [-0.1, -0.05) is 17.4 Å². The number of rotatable bonds is 4. The maximum atomic E-state index is 13.8. The van der Waals surface area contributed by atoms with E-state index in [1.165, 1.54) is 23.3 Å². The quantitative estimate of drug-likeness (QED) is 0.488. The van der Waals surface area contributed by atoms with Gasteiger partial charge in [-0.25, -0.2) is 0 Å². The lowest BCUT2D eigenvalue weighted by molar-refractivity contribution is -0.123. The molecule has 0 spiro atoms. The van der Waals surface area contributed by atoms with Crippen LogP contribution in [-0.4, -0.2) is 41.4 Å². The molecule has 2 N–H and O–H groups in total. The number of ether oxygens (including phenoxy) is 2. The van der Waals surface area contributed by atoms with Gasteiger partial charge < -0.3 is 19.6 Å². The van der Waals surface area contributed by atoms with Crippen molar-refractivity contribution in [1.82, 2.24) is 4.98 Å². The second kappa shape index (κ2) is 8.13. The van der Waals surface area contributed by atoms with Gasteiger partial charge in [0.1, 0.15) is 5.75 Å². The first-order valence-electron chi connectivity index (χ1n) is 12.2. The summed E-state index contributed by atoms with van der Waals surface area (Å²) < 4.78 is 10.6. The summed E-state index contributed by atoms with van der Waals surface area (Å²) in [5, 5.41) is 11.2. The molecule has 3 aromatic rings. The number of carbonyl (C=O) groups excluding carboxylic acids is 2. The third kappa shape index (κ3) is 3.11. The minimum atomic E-state index is -0.375. The van der Waals surface area contributed by atoms with Crippen LogP contribution in [-0.2, 0) is 9.59 Å². The largest absolute Gasteiger partial charge is 0.504 e. The minimum absolute atomic E-state index is 0.0161. The molecule has 3 heterocycles. The Hall–Kier alpha value is -3.24. The van der Waals surface area contributed by atoms with Crippen molar-refractivity contribution in [1.29, 1.82) is 0 Å². The maximum absolute atomic E-state index is 13.8. The van der Waals surface area contributed by atoms with Crippen LogP contribution >= 0.6 is 23.1 Å². The smallest absolute Gasteiger partial charge is 0.305 e. The van der Waals surface area contributed by atoms with Crippen molar-refractivity contribution in [3.05, 3.63) is 62.6 Å². The summed E-state index contributed by atoms with van der Waals surface area (Å²) in [4.78, 5) is 45.1. The number of thiazole rings is 1. The minimum Gasteiger partial charge on any atom is -0.504 e. The molecule has 2 aliphatic heterocycles. The van der Waals surface area contributed by atoms with E-state index in [0.717, 1.165) is 21.9 Å². The predicted octanol–water partition coefficient (Wildman–Crippen LogP) is 3.84. The van der Waals surface area contributed by atoms with E-state index in [0.29, 0.717) is 17.2 Å². The van der Waals surface area contributed by atoms with Crippen molar-refractivity contribution in [3.8, 4) is 17.2 Å². The van der Waals surface area contributed by atoms with E-state index in [1.807, 2.05) is 12.1 Å². The van der Waals surface area contributed by atoms with E-state index in [9.17, 15) is 19.5 Å². The number of aromatic amines is 1. The number of aromatic nitrogens is 1. The summed E-state index contributed by atoms with van der Waals surface area (Å²) in [5.41, 5.74) is 1.51. The highest BCUT2D eigenvalue weighted by atomic mass is 32.2. The first-order chi connectivity index (χ1) is 17.9. The van der Waals surface area contributed by atoms with Crippen molar-refractivity contribution in [2.75, 3.05) is 19.1 Å². The van der Waals surface area contributed by atoms with Gasteiger partial charge in [-0.2, -0.15) is 0 Å². The number of H-pyrrole nitrogens is 1. The molecule has 2 bridgehead atoms. The number of aromatic hydroxyl groups is 1. The third-order valence-corrected chi connectivity index (χ3v) is 11.2. The highest BCUT2D eigenvalue weighted by Crippen LogP contribution is 2.68. The molecule has 7 atom stereocenters. The highest BCUT2D eigenvalue weighted by molar-refractivity contribution is 8.00. The van der Waals surface area contributed by atoms with Crippen molar-refractivity contribution >= 4 is 40.6 Å². The van der Waals surface area contributed by atoms with Crippen LogP contribution in [0.5, 0.6) is 17.2 Å². The molecule has 190 valence electrons. The summed E-state index contributed by atoms with van der Waals surface area (Å²) in [6, 6.07) is 12.4. The van der Waals surface area contributed by atoms with Crippen LogP contribution in [0.4, 0.5) is 5.69 Å². The van der Waals surface area contributed by atoms with Crippen molar-refractivity contribution in [3.63, 3.8) is 0 Å². The number of anilines is 1. The van der Waals surface area contributed by atoms with Crippen molar-refractivity contribution < 1.29 is 24.2 Å². The monoisotopic (exact) mass is 536 g/mol. The molecule has 7 rings (SSSR count). The van der Waals surface area contributed by atoms with Crippen LogP contribution in [0.15, 0.2) is 52.3 Å². The standard InChI is InChI=1S/C27H24N2O6S2/c1-34-13-6-4-12(5-7-13)29-25(31)20-14-10-15(21(20)26(29)32)22-19(14)18(23-24(36-22)28-27(33)37-23)11-3-8-16(30)17(9-11)35-2/h3-9,14-15,18-22,30H,10H2,1-2H3,(H,28,33)/t14-,15-,18-,19-,20+,21-,22+/m1/s1. The first-order valence-corrected chi connectivity index (χ1v) is 13.9. The van der Waals surface area contributed by atoms with Gasteiger partial charge in [0.2, 0.25) is 11.8 Å². The zero-order chi connectivity index (χ0) is 25.6. The Labute approximate surface area is 220 Å². The zero-order valence-corrected chi connectivity index (χ0v) is 21.7. The summed E-state index contributed by atoms with van der Waals surface area (Å²) in [5.74, 6) is 0.111. The first kappa shape index (κ1) is 22.9.